The molecule has 4 rings (SSSR count). The Kier molecular flexibility index (Phi) is 5.37. The van der Waals surface area contributed by atoms with Crippen LogP contribution < -0.4 is 10.6 Å². The number of anilines is 1. The number of carbonyl (C=O) groups is 2. The van der Waals surface area contributed by atoms with E-state index >= 15 is 0 Å². The van der Waals surface area contributed by atoms with Gasteiger partial charge in [0.05, 0.1) is 5.69 Å². The number of H-pyrrole nitrogens is 1. The highest BCUT2D eigenvalue weighted by molar-refractivity contribution is 6.07. The van der Waals surface area contributed by atoms with Crippen LogP contribution in [0.4, 0.5) is 14.5 Å². The highest BCUT2D eigenvalue weighted by Gasteiger charge is 2.29. The summed E-state index contributed by atoms with van der Waals surface area (Å²) >= 11 is 0. The average Bonchev–Trinajstić information content (AvgIpc) is 3.16. The number of nitrogens with one attached hydrogen (secondary N) is 3. The first-order chi connectivity index (χ1) is 14.8. The molecule has 1 aliphatic rings. The van der Waals surface area contributed by atoms with Crippen LogP contribution in [0.5, 0.6) is 0 Å². The first-order valence-corrected chi connectivity index (χ1v) is 9.70. The van der Waals surface area contributed by atoms with Crippen molar-refractivity contribution < 1.29 is 18.4 Å². The summed E-state index contributed by atoms with van der Waals surface area (Å²) in [5, 5.41) is 12.2. The molecule has 0 aliphatic carbocycles. The van der Waals surface area contributed by atoms with Crippen molar-refractivity contribution in [2.75, 3.05) is 5.32 Å². The van der Waals surface area contributed by atoms with E-state index < -0.39 is 23.5 Å². The largest absolute Gasteiger partial charge is 0.332 e. The van der Waals surface area contributed by atoms with E-state index in [9.17, 15) is 18.4 Å². The molecule has 0 radical (unpaired) electrons. The fraction of sp³-hybridized carbons (Fsp3) is 0.174. The van der Waals surface area contributed by atoms with Gasteiger partial charge in [0.2, 0.25) is 5.91 Å². The summed E-state index contributed by atoms with van der Waals surface area (Å²) in [7, 11) is 0. The summed E-state index contributed by atoms with van der Waals surface area (Å²) in [6.07, 6.45) is 1.43. The number of nitrogens with zero attached hydrogens (tertiary/aromatic N) is 1. The van der Waals surface area contributed by atoms with Crippen LogP contribution in [0.3, 0.4) is 0 Å². The lowest BCUT2D eigenvalue weighted by atomic mass is 9.86. The van der Waals surface area contributed by atoms with Gasteiger partial charge in [0, 0.05) is 41.1 Å². The molecule has 1 atom stereocenters. The molecule has 2 heterocycles. The highest BCUT2D eigenvalue weighted by Crippen LogP contribution is 2.33. The number of aromatic amines is 1. The Labute approximate surface area is 177 Å². The van der Waals surface area contributed by atoms with Crippen molar-refractivity contribution in [2.24, 2.45) is 0 Å². The molecular weight excluding hydrogens is 402 g/mol. The summed E-state index contributed by atoms with van der Waals surface area (Å²) in [5.41, 5.74) is 3.42. The molecule has 1 aromatic heterocycles. The summed E-state index contributed by atoms with van der Waals surface area (Å²) < 4.78 is 27.8. The quantitative estimate of drug-likeness (QED) is 0.592. The number of benzene rings is 2. The summed E-state index contributed by atoms with van der Waals surface area (Å²) in [6.45, 7) is 3.50. The van der Waals surface area contributed by atoms with Gasteiger partial charge < -0.3 is 10.6 Å². The smallest absolute Gasteiger partial charge is 0.253 e. The van der Waals surface area contributed by atoms with Crippen molar-refractivity contribution in [1.82, 2.24) is 15.5 Å². The predicted molar refractivity (Wildman–Crippen MR) is 112 cm³/mol. The molecule has 3 aromatic rings. The van der Waals surface area contributed by atoms with E-state index in [4.69, 9.17) is 0 Å². The lowest BCUT2D eigenvalue weighted by Crippen LogP contribution is -2.32. The highest BCUT2D eigenvalue weighted by atomic mass is 19.1. The Hall–Kier alpha value is -3.81. The Balaban J connectivity index is 1.65. The van der Waals surface area contributed by atoms with E-state index in [0.717, 1.165) is 5.69 Å². The fourth-order valence-corrected chi connectivity index (χ4v) is 3.58. The van der Waals surface area contributed by atoms with Gasteiger partial charge in [-0.15, -0.1) is 0 Å². The lowest BCUT2D eigenvalue weighted by Gasteiger charge is -2.24. The number of aromatic nitrogens is 2. The molecule has 2 aromatic carbocycles. The van der Waals surface area contributed by atoms with Gasteiger partial charge in [0.15, 0.2) is 0 Å². The van der Waals surface area contributed by atoms with E-state index in [-0.39, 0.29) is 17.9 Å². The third-order valence-electron chi connectivity index (χ3n) is 5.23. The zero-order chi connectivity index (χ0) is 22.1. The van der Waals surface area contributed by atoms with Gasteiger partial charge in [-0.05, 0) is 55.3 Å². The second kappa shape index (κ2) is 8.14. The van der Waals surface area contributed by atoms with Crippen LogP contribution in [0.2, 0.25) is 0 Å². The van der Waals surface area contributed by atoms with Gasteiger partial charge in [0.25, 0.3) is 5.91 Å². The monoisotopic (exact) mass is 422 g/mol. The Morgan fingerprint density at radius 2 is 1.87 bits per heavy atom. The molecule has 31 heavy (non-hydrogen) atoms. The molecule has 0 saturated carbocycles. The van der Waals surface area contributed by atoms with E-state index in [1.54, 1.807) is 25.1 Å². The van der Waals surface area contributed by atoms with Gasteiger partial charge in [-0.3, -0.25) is 14.7 Å². The van der Waals surface area contributed by atoms with E-state index in [2.05, 4.69) is 20.8 Å². The number of carbonyl (C=O) groups excluding carboxylic acids is 2. The minimum absolute atomic E-state index is 0.0606. The minimum atomic E-state index is -0.524. The zero-order valence-corrected chi connectivity index (χ0v) is 16.9. The number of aryl methyl sites for hydroxylation is 2. The molecule has 158 valence electrons. The number of hydrogen-bond donors (Lipinski definition) is 3. The average molecular weight is 422 g/mol. The van der Waals surface area contributed by atoms with Crippen LogP contribution in [0.25, 0.3) is 11.3 Å². The van der Waals surface area contributed by atoms with Gasteiger partial charge in [-0.25, -0.2) is 8.78 Å². The van der Waals surface area contributed by atoms with Crippen molar-refractivity contribution in [3.05, 3.63) is 82.7 Å². The predicted octanol–water partition coefficient (Wildman–Crippen LogP) is 4.10. The molecule has 2 amide bonds. The molecule has 1 aliphatic heterocycles. The summed E-state index contributed by atoms with van der Waals surface area (Å²) in [6, 6.07) is 10.3. The van der Waals surface area contributed by atoms with Crippen LogP contribution in [0.1, 0.15) is 29.2 Å². The first-order valence-electron chi connectivity index (χ1n) is 9.70. The molecule has 8 heteroatoms. The second-order valence-electron chi connectivity index (χ2n) is 7.51. The fourth-order valence-electron chi connectivity index (χ4n) is 3.58. The molecular formula is C23H20F2N4O2. The third kappa shape index (κ3) is 4.23. The summed E-state index contributed by atoms with van der Waals surface area (Å²) in [4.78, 5) is 25.0. The number of hydrogen-bond acceptors (Lipinski definition) is 3. The number of rotatable bonds is 4. The maximum absolute atomic E-state index is 14.5. The lowest BCUT2D eigenvalue weighted by molar-refractivity contribution is -0.121. The molecule has 3 N–H and O–H groups in total. The maximum Gasteiger partial charge on any atom is 0.253 e. The Bertz CT molecular complexity index is 1200. The van der Waals surface area contributed by atoms with Crippen molar-refractivity contribution in [3.63, 3.8) is 0 Å². The van der Waals surface area contributed by atoms with Gasteiger partial charge >= 0.3 is 0 Å². The van der Waals surface area contributed by atoms with E-state index in [0.29, 0.717) is 28.1 Å². The number of amides is 2. The maximum atomic E-state index is 14.5. The summed E-state index contributed by atoms with van der Waals surface area (Å²) in [5.74, 6) is -2.05. The van der Waals surface area contributed by atoms with Gasteiger partial charge in [-0.1, -0.05) is 12.1 Å². The number of halogens is 2. The van der Waals surface area contributed by atoms with E-state index in [1.807, 2.05) is 6.92 Å². The van der Waals surface area contributed by atoms with Crippen LogP contribution in [0, 0.1) is 25.5 Å². The van der Waals surface area contributed by atoms with Crippen molar-refractivity contribution in [3.8, 4) is 11.3 Å². The van der Waals surface area contributed by atoms with Crippen LogP contribution in [0.15, 0.2) is 54.2 Å². The molecule has 0 fully saturated rings. The van der Waals surface area contributed by atoms with E-state index in [1.165, 1.54) is 30.5 Å². The standard InChI is InChI=1S/C23H20F2N4O2/c1-12-7-19(25)17(21-8-13(2)28-29-21)9-20(12)27-23(31)18-11-26-22(30)10-16(18)14-3-5-15(24)6-4-14/h3-9,11,16H,10H2,1-2H3,(H,26,30)(H,27,31)(H,28,29). The van der Waals surface area contributed by atoms with Crippen LogP contribution in [-0.4, -0.2) is 22.0 Å². The molecule has 1 unspecified atom stereocenters. The zero-order valence-electron chi connectivity index (χ0n) is 16.9. The SMILES string of the molecule is Cc1cc(-c2cc(NC(=O)C3=CNC(=O)CC3c3ccc(F)cc3)c(C)cc2F)n[nH]1. The van der Waals surface area contributed by atoms with Crippen LogP contribution in [-0.2, 0) is 9.59 Å². The molecule has 0 saturated heterocycles. The molecule has 6 nitrogen and oxygen atoms in total. The van der Waals surface area contributed by atoms with Gasteiger partial charge in [0.1, 0.15) is 11.6 Å². The molecule has 0 spiro atoms. The van der Waals surface area contributed by atoms with Crippen molar-refractivity contribution >= 4 is 17.5 Å². The normalized spacial score (nSPS) is 15.9. The molecule has 0 bridgehead atoms. The van der Waals surface area contributed by atoms with Gasteiger partial charge in [-0.2, -0.15) is 5.10 Å². The minimum Gasteiger partial charge on any atom is -0.332 e. The second-order valence-corrected chi connectivity index (χ2v) is 7.51. The Morgan fingerprint density at radius 3 is 2.55 bits per heavy atom. The first kappa shape index (κ1) is 20.5. The topological polar surface area (TPSA) is 86.9 Å². The van der Waals surface area contributed by atoms with Crippen molar-refractivity contribution in [2.45, 2.75) is 26.2 Å². The Morgan fingerprint density at radius 1 is 1.13 bits per heavy atom. The van der Waals surface area contributed by atoms with Crippen LogP contribution >= 0.6 is 0 Å². The third-order valence-corrected chi connectivity index (χ3v) is 5.23. The van der Waals surface area contributed by atoms with Crippen molar-refractivity contribution in [1.29, 1.82) is 0 Å².